The minimum atomic E-state index is 0.290. The van der Waals surface area contributed by atoms with Crippen LogP contribution in [0.2, 0.25) is 0 Å². The van der Waals surface area contributed by atoms with Gasteiger partial charge in [-0.1, -0.05) is 49.4 Å². The molecular formula is C23H29NO2. The van der Waals surface area contributed by atoms with E-state index >= 15 is 0 Å². The van der Waals surface area contributed by atoms with E-state index < -0.39 is 0 Å². The van der Waals surface area contributed by atoms with Gasteiger partial charge in [-0.05, 0) is 48.9 Å². The summed E-state index contributed by atoms with van der Waals surface area (Å²) >= 11 is 0. The second kappa shape index (κ2) is 8.88. The number of likely N-dealkylation sites (tertiary alicyclic amines) is 1. The highest BCUT2D eigenvalue weighted by atomic mass is 16.5. The van der Waals surface area contributed by atoms with Crippen molar-refractivity contribution < 1.29 is 9.53 Å². The molecule has 1 amide bonds. The van der Waals surface area contributed by atoms with Gasteiger partial charge in [0.25, 0.3) is 0 Å². The molecule has 2 aromatic rings. The van der Waals surface area contributed by atoms with Gasteiger partial charge in [0.1, 0.15) is 5.75 Å². The van der Waals surface area contributed by atoms with Crippen LogP contribution in [-0.2, 0) is 11.2 Å². The van der Waals surface area contributed by atoms with Gasteiger partial charge in [0, 0.05) is 24.9 Å². The zero-order chi connectivity index (χ0) is 18.4. The SMILES string of the molecule is CC[C@H](c1ccccc1)[C@@H]1CCCN1C(=O)CCc1ccc(OC)cc1. The molecule has 1 aliphatic rings. The topological polar surface area (TPSA) is 29.5 Å². The molecule has 0 saturated carbocycles. The van der Waals surface area contributed by atoms with E-state index in [1.807, 2.05) is 24.3 Å². The summed E-state index contributed by atoms with van der Waals surface area (Å²) in [6, 6.07) is 19.0. The number of benzene rings is 2. The van der Waals surface area contributed by atoms with Crippen molar-refractivity contribution in [1.29, 1.82) is 0 Å². The molecule has 3 heteroatoms. The molecule has 1 heterocycles. The van der Waals surface area contributed by atoms with Crippen LogP contribution in [0, 0.1) is 0 Å². The van der Waals surface area contributed by atoms with Gasteiger partial charge in [-0.2, -0.15) is 0 Å². The summed E-state index contributed by atoms with van der Waals surface area (Å²) in [6.45, 7) is 3.13. The lowest BCUT2D eigenvalue weighted by Gasteiger charge is -2.32. The number of hydrogen-bond acceptors (Lipinski definition) is 2. The van der Waals surface area contributed by atoms with Crippen LogP contribution in [-0.4, -0.2) is 30.5 Å². The van der Waals surface area contributed by atoms with Crippen LogP contribution in [0.15, 0.2) is 54.6 Å². The van der Waals surface area contributed by atoms with Crippen LogP contribution in [0.5, 0.6) is 5.75 Å². The van der Waals surface area contributed by atoms with E-state index in [9.17, 15) is 4.79 Å². The third-order valence-corrected chi connectivity index (χ3v) is 5.54. The molecule has 26 heavy (non-hydrogen) atoms. The Morgan fingerprint density at radius 3 is 2.54 bits per heavy atom. The number of rotatable bonds is 7. The van der Waals surface area contributed by atoms with Gasteiger partial charge in [0.15, 0.2) is 0 Å². The summed E-state index contributed by atoms with van der Waals surface area (Å²) in [5.74, 6) is 1.58. The number of ether oxygens (including phenoxy) is 1. The van der Waals surface area contributed by atoms with E-state index in [0.29, 0.717) is 18.4 Å². The summed E-state index contributed by atoms with van der Waals surface area (Å²) in [5, 5.41) is 0. The Morgan fingerprint density at radius 1 is 1.15 bits per heavy atom. The minimum Gasteiger partial charge on any atom is -0.497 e. The first-order valence-electron chi connectivity index (χ1n) is 9.70. The second-order valence-corrected chi connectivity index (χ2v) is 7.07. The maximum absolute atomic E-state index is 12.9. The molecule has 0 bridgehead atoms. The second-order valence-electron chi connectivity index (χ2n) is 7.07. The molecule has 2 aromatic carbocycles. The fourth-order valence-corrected chi connectivity index (χ4v) is 4.14. The molecular weight excluding hydrogens is 322 g/mol. The molecule has 0 unspecified atom stereocenters. The largest absolute Gasteiger partial charge is 0.497 e. The van der Waals surface area contributed by atoms with Crippen LogP contribution in [0.25, 0.3) is 0 Å². The summed E-state index contributed by atoms with van der Waals surface area (Å²) < 4.78 is 5.20. The number of hydrogen-bond donors (Lipinski definition) is 0. The summed E-state index contributed by atoms with van der Waals surface area (Å²) in [6.07, 6.45) is 4.66. The normalized spacial score (nSPS) is 17.9. The molecule has 0 aliphatic carbocycles. The van der Waals surface area contributed by atoms with E-state index in [1.54, 1.807) is 7.11 Å². The van der Waals surface area contributed by atoms with Crippen molar-refractivity contribution in [1.82, 2.24) is 4.90 Å². The first-order chi connectivity index (χ1) is 12.7. The van der Waals surface area contributed by atoms with Crippen LogP contribution in [0.1, 0.15) is 49.7 Å². The third kappa shape index (κ3) is 4.27. The molecule has 3 nitrogen and oxygen atoms in total. The Hall–Kier alpha value is -2.29. The average molecular weight is 351 g/mol. The van der Waals surface area contributed by atoms with Crippen molar-refractivity contribution >= 4 is 5.91 Å². The number of nitrogens with zero attached hydrogens (tertiary/aromatic N) is 1. The Morgan fingerprint density at radius 2 is 1.88 bits per heavy atom. The molecule has 0 aromatic heterocycles. The van der Waals surface area contributed by atoms with Crippen molar-refractivity contribution in [3.63, 3.8) is 0 Å². The van der Waals surface area contributed by atoms with E-state index in [-0.39, 0.29) is 5.91 Å². The Balaban J connectivity index is 1.63. The lowest BCUT2D eigenvalue weighted by atomic mass is 9.87. The first-order valence-corrected chi connectivity index (χ1v) is 9.70. The maximum Gasteiger partial charge on any atom is 0.223 e. The number of methoxy groups -OCH3 is 1. The van der Waals surface area contributed by atoms with E-state index in [4.69, 9.17) is 4.74 Å². The van der Waals surface area contributed by atoms with Crippen molar-refractivity contribution in [2.45, 2.75) is 51.0 Å². The lowest BCUT2D eigenvalue weighted by Crippen LogP contribution is -2.39. The fraction of sp³-hybridized carbons (Fsp3) is 0.435. The average Bonchev–Trinajstić information content (AvgIpc) is 3.17. The molecule has 2 atom stereocenters. The van der Waals surface area contributed by atoms with E-state index in [2.05, 4.69) is 42.2 Å². The van der Waals surface area contributed by atoms with Crippen LogP contribution in [0.4, 0.5) is 0 Å². The number of amides is 1. The van der Waals surface area contributed by atoms with Gasteiger partial charge >= 0.3 is 0 Å². The maximum atomic E-state index is 12.9. The summed E-state index contributed by atoms with van der Waals surface area (Å²) in [7, 11) is 1.67. The Labute approximate surface area is 157 Å². The van der Waals surface area contributed by atoms with Gasteiger partial charge in [0.2, 0.25) is 5.91 Å². The summed E-state index contributed by atoms with van der Waals surface area (Å²) in [4.78, 5) is 15.0. The van der Waals surface area contributed by atoms with Gasteiger partial charge in [-0.3, -0.25) is 4.79 Å². The van der Waals surface area contributed by atoms with Crippen molar-refractivity contribution in [3.8, 4) is 5.75 Å². The van der Waals surface area contributed by atoms with Crippen molar-refractivity contribution in [3.05, 3.63) is 65.7 Å². The minimum absolute atomic E-state index is 0.290. The van der Waals surface area contributed by atoms with Gasteiger partial charge in [0.05, 0.1) is 7.11 Å². The molecule has 1 fully saturated rings. The predicted molar refractivity (Wildman–Crippen MR) is 106 cm³/mol. The fourth-order valence-electron chi connectivity index (χ4n) is 4.14. The molecule has 1 saturated heterocycles. The molecule has 1 aliphatic heterocycles. The van der Waals surface area contributed by atoms with E-state index in [1.165, 1.54) is 11.1 Å². The molecule has 138 valence electrons. The molecule has 0 spiro atoms. The number of aryl methyl sites for hydroxylation is 1. The third-order valence-electron chi connectivity index (χ3n) is 5.54. The van der Waals surface area contributed by atoms with Gasteiger partial charge in [-0.15, -0.1) is 0 Å². The van der Waals surface area contributed by atoms with Crippen LogP contribution >= 0.6 is 0 Å². The summed E-state index contributed by atoms with van der Waals surface area (Å²) in [5.41, 5.74) is 2.54. The highest BCUT2D eigenvalue weighted by molar-refractivity contribution is 5.77. The Bertz CT molecular complexity index is 696. The van der Waals surface area contributed by atoms with Crippen LogP contribution < -0.4 is 4.74 Å². The number of carbonyl (C=O) groups excluding carboxylic acids is 1. The van der Waals surface area contributed by atoms with E-state index in [0.717, 1.165) is 38.0 Å². The monoisotopic (exact) mass is 351 g/mol. The van der Waals surface area contributed by atoms with Crippen LogP contribution in [0.3, 0.4) is 0 Å². The van der Waals surface area contributed by atoms with Gasteiger partial charge < -0.3 is 9.64 Å². The zero-order valence-electron chi connectivity index (χ0n) is 15.9. The zero-order valence-corrected chi connectivity index (χ0v) is 15.9. The Kier molecular flexibility index (Phi) is 6.32. The number of carbonyl (C=O) groups is 1. The van der Waals surface area contributed by atoms with Crippen molar-refractivity contribution in [2.24, 2.45) is 0 Å². The molecule has 3 rings (SSSR count). The van der Waals surface area contributed by atoms with Crippen molar-refractivity contribution in [2.75, 3.05) is 13.7 Å². The highest BCUT2D eigenvalue weighted by Crippen LogP contribution is 2.34. The quantitative estimate of drug-likeness (QED) is 0.716. The highest BCUT2D eigenvalue weighted by Gasteiger charge is 2.34. The predicted octanol–water partition coefficient (Wildman–Crippen LogP) is 4.81. The van der Waals surface area contributed by atoms with Gasteiger partial charge in [-0.25, -0.2) is 0 Å². The standard InChI is InChI=1S/C23H29NO2/c1-3-21(19-8-5-4-6-9-19)22-10-7-17-24(22)23(25)16-13-18-11-14-20(26-2)15-12-18/h4-6,8-9,11-12,14-15,21-22H,3,7,10,13,16-17H2,1-2H3/t21-,22+/m1/s1. The lowest BCUT2D eigenvalue weighted by molar-refractivity contribution is -0.132. The molecule has 0 radical (unpaired) electrons. The smallest absolute Gasteiger partial charge is 0.223 e. The first kappa shape index (κ1) is 18.5. The molecule has 0 N–H and O–H groups in total.